The first-order valence-corrected chi connectivity index (χ1v) is 16.7. The Kier molecular flexibility index (Phi) is 9.91. The minimum atomic E-state index is -2.17. The number of hydrogen-bond donors (Lipinski definition) is 0. The van der Waals surface area contributed by atoms with Crippen molar-refractivity contribution in [2.75, 3.05) is 6.54 Å². The van der Waals surface area contributed by atoms with Crippen molar-refractivity contribution in [2.24, 2.45) is 5.92 Å². The van der Waals surface area contributed by atoms with Crippen molar-refractivity contribution in [3.8, 4) is 5.75 Å². The van der Waals surface area contributed by atoms with Crippen LogP contribution in [0.15, 0.2) is 54.6 Å². The molecule has 1 amide bonds. The second-order valence-electron chi connectivity index (χ2n) is 10.8. The van der Waals surface area contributed by atoms with Gasteiger partial charge in [-0.15, -0.1) is 0 Å². The molecule has 1 fully saturated rings. The van der Waals surface area contributed by atoms with Gasteiger partial charge in [0.15, 0.2) is 8.32 Å². The number of likely N-dealkylation sites (tertiary alicyclic amines) is 1. The van der Waals surface area contributed by atoms with Crippen LogP contribution in [0.4, 0.5) is 5.69 Å². The summed E-state index contributed by atoms with van der Waals surface area (Å²) in [6.45, 7) is 12.2. The van der Waals surface area contributed by atoms with Crippen molar-refractivity contribution in [1.29, 1.82) is 0 Å². The number of nitro groups is 1. The molecule has 1 aliphatic rings. The van der Waals surface area contributed by atoms with Gasteiger partial charge in [-0.25, -0.2) is 0 Å². The van der Waals surface area contributed by atoms with E-state index in [-0.39, 0.29) is 40.3 Å². The van der Waals surface area contributed by atoms with Crippen LogP contribution in [-0.4, -0.2) is 52.4 Å². The fraction of sp³-hybridized carbons (Fsp3) is 0.444. The Morgan fingerprint density at radius 1 is 1.15 bits per heavy atom. The lowest BCUT2D eigenvalue weighted by Gasteiger charge is -2.50. The van der Waals surface area contributed by atoms with Crippen LogP contribution in [0.3, 0.4) is 0 Å². The van der Waals surface area contributed by atoms with Crippen molar-refractivity contribution in [1.82, 2.24) is 4.90 Å². The zero-order valence-electron chi connectivity index (χ0n) is 22.9. The molecule has 1 unspecified atom stereocenters. The molecule has 2 aromatic carbocycles. The number of nitro benzene ring substituents is 1. The van der Waals surface area contributed by atoms with Crippen LogP contribution in [-0.2, 0) is 25.4 Å². The number of carbonyl (C=O) groups excluding carboxylic acids is 2. The average molecular weight is 591 g/mol. The summed E-state index contributed by atoms with van der Waals surface area (Å²) in [5, 5.41) is 10.3. The molecule has 9 nitrogen and oxygen atoms in total. The zero-order valence-corrected chi connectivity index (χ0v) is 25.5. The first kappa shape index (κ1) is 30.7. The molecule has 0 bridgehead atoms. The van der Waals surface area contributed by atoms with Crippen molar-refractivity contribution in [3.05, 3.63) is 70.3 Å². The van der Waals surface area contributed by atoms with E-state index >= 15 is 0 Å². The standard InChI is InChI=1S/C27H34N2O7S2Si/c1-18(36-39(5,6)27(2,3)4)23-24(31)28(25(23)38-26(37)35-21-10-8-7-9-11-21)16-22(30)34-17-19-12-14-20(15-13-19)29(32)33/h7-15,18,23,25H,16-17H2,1-6H3/t18?,23-,25+/m0/s1. The Hall–Kier alpha value is -2.80. The van der Waals surface area contributed by atoms with E-state index in [1.54, 1.807) is 12.1 Å². The molecule has 3 atom stereocenters. The summed E-state index contributed by atoms with van der Waals surface area (Å²) in [5.41, 5.74) is 0.548. The molecule has 1 saturated heterocycles. The topological polar surface area (TPSA) is 108 Å². The molecular weight excluding hydrogens is 557 g/mol. The van der Waals surface area contributed by atoms with Crippen LogP contribution in [0, 0.1) is 16.0 Å². The number of esters is 1. The summed E-state index contributed by atoms with van der Waals surface area (Å²) in [6, 6.07) is 14.8. The first-order valence-electron chi connectivity index (χ1n) is 12.5. The minimum Gasteiger partial charge on any atom is -0.459 e. The van der Waals surface area contributed by atoms with Crippen LogP contribution in [0.2, 0.25) is 18.1 Å². The fourth-order valence-electron chi connectivity index (χ4n) is 3.77. The molecule has 0 N–H and O–H groups in total. The van der Waals surface area contributed by atoms with Gasteiger partial charge in [0.25, 0.3) is 5.69 Å². The minimum absolute atomic E-state index is 0.0379. The van der Waals surface area contributed by atoms with E-state index in [1.807, 2.05) is 25.1 Å². The summed E-state index contributed by atoms with van der Waals surface area (Å²) in [5.74, 6) is -0.743. The van der Waals surface area contributed by atoms with E-state index in [2.05, 4.69) is 33.9 Å². The molecular formula is C27H34N2O7S2Si. The third-order valence-electron chi connectivity index (χ3n) is 6.98. The van der Waals surface area contributed by atoms with Gasteiger partial charge in [0, 0.05) is 12.1 Å². The van der Waals surface area contributed by atoms with Crippen LogP contribution < -0.4 is 4.74 Å². The Bertz CT molecular complexity index is 1200. The Morgan fingerprint density at radius 2 is 1.77 bits per heavy atom. The van der Waals surface area contributed by atoms with Gasteiger partial charge in [0.05, 0.1) is 16.9 Å². The summed E-state index contributed by atoms with van der Waals surface area (Å²) >= 11 is 6.68. The Labute approximate surface area is 239 Å². The van der Waals surface area contributed by atoms with E-state index in [1.165, 1.54) is 40.9 Å². The van der Waals surface area contributed by atoms with Gasteiger partial charge in [0.2, 0.25) is 10.3 Å². The number of carbonyl (C=O) groups is 2. The molecule has 12 heteroatoms. The van der Waals surface area contributed by atoms with Crippen LogP contribution in [0.5, 0.6) is 5.75 Å². The molecule has 1 aliphatic heterocycles. The maximum absolute atomic E-state index is 13.3. The summed E-state index contributed by atoms with van der Waals surface area (Å²) in [7, 11) is -2.17. The van der Waals surface area contributed by atoms with E-state index in [4.69, 9.17) is 26.1 Å². The molecule has 0 aliphatic carbocycles. The first-order chi connectivity index (χ1) is 18.2. The van der Waals surface area contributed by atoms with Gasteiger partial charge in [-0.2, -0.15) is 0 Å². The molecule has 0 saturated carbocycles. The third-order valence-corrected chi connectivity index (χ3v) is 13.0. The monoisotopic (exact) mass is 590 g/mol. The highest BCUT2D eigenvalue weighted by molar-refractivity contribution is 8.23. The number of ether oxygens (including phenoxy) is 2. The smallest absolute Gasteiger partial charge is 0.326 e. The predicted octanol–water partition coefficient (Wildman–Crippen LogP) is 5.93. The molecule has 210 valence electrons. The van der Waals surface area contributed by atoms with Gasteiger partial charge in [0.1, 0.15) is 24.3 Å². The third kappa shape index (κ3) is 7.87. The second kappa shape index (κ2) is 12.6. The van der Waals surface area contributed by atoms with E-state index < -0.39 is 30.5 Å². The summed E-state index contributed by atoms with van der Waals surface area (Å²) in [4.78, 5) is 37.7. The fourth-order valence-corrected chi connectivity index (χ4v) is 6.73. The van der Waals surface area contributed by atoms with Crippen molar-refractivity contribution in [2.45, 2.75) is 63.9 Å². The number of thioether (sulfide) groups is 1. The molecule has 0 spiro atoms. The highest BCUT2D eigenvalue weighted by atomic mass is 32.2. The highest BCUT2D eigenvalue weighted by Crippen LogP contribution is 2.43. The van der Waals surface area contributed by atoms with Crippen molar-refractivity contribution >= 4 is 54.2 Å². The number of non-ortho nitro benzene ring substituents is 1. The maximum atomic E-state index is 13.3. The lowest BCUT2D eigenvalue weighted by molar-refractivity contribution is -0.384. The number of thiocarbonyl (C=S) groups is 1. The van der Waals surface area contributed by atoms with E-state index in [9.17, 15) is 19.7 Å². The Morgan fingerprint density at radius 3 is 2.33 bits per heavy atom. The number of benzene rings is 2. The molecule has 39 heavy (non-hydrogen) atoms. The molecule has 1 heterocycles. The van der Waals surface area contributed by atoms with Gasteiger partial charge in [-0.1, -0.05) is 50.7 Å². The van der Waals surface area contributed by atoms with E-state index in [0.29, 0.717) is 11.3 Å². The lowest BCUT2D eigenvalue weighted by atomic mass is 9.93. The summed E-state index contributed by atoms with van der Waals surface area (Å²) < 4.78 is 17.9. The number of amides is 1. The quantitative estimate of drug-likeness (QED) is 0.0831. The van der Waals surface area contributed by atoms with Crippen LogP contribution in [0.25, 0.3) is 0 Å². The number of hydrogen-bond acceptors (Lipinski definition) is 9. The van der Waals surface area contributed by atoms with Crippen molar-refractivity contribution in [3.63, 3.8) is 0 Å². The molecule has 0 radical (unpaired) electrons. The highest BCUT2D eigenvalue weighted by Gasteiger charge is 2.54. The van der Waals surface area contributed by atoms with Crippen LogP contribution in [0.1, 0.15) is 33.3 Å². The summed E-state index contributed by atoms with van der Waals surface area (Å²) in [6.07, 6.45) is -0.386. The van der Waals surface area contributed by atoms with Crippen molar-refractivity contribution < 1.29 is 28.4 Å². The Balaban J connectivity index is 1.69. The average Bonchev–Trinajstić information content (AvgIpc) is 2.85. The number of rotatable bonds is 10. The molecule has 2 aromatic rings. The van der Waals surface area contributed by atoms with Gasteiger partial charge >= 0.3 is 5.97 Å². The molecule has 3 rings (SSSR count). The number of nitrogens with zero attached hydrogens (tertiary/aromatic N) is 2. The van der Waals surface area contributed by atoms with E-state index in [0.717, 1.165) is 0 Å². The zero-order chi connectivity index (χ0) is 29.0. The van der Waals surface area contributed by atoms with Gasteiger partial charge in [-0.3, -0.25) is 19.7 Å². The normalized spacial score (nSPS) is 18.2. The largest absolute Gasteiger partial charge is 0.459 e. The van der Waals surface area contributed by atoms with Gasteiger partial charge in [-0.05, 0) is 67.1 Å². The number of β-lactam (4-membered cyclic amide) rings is 1. The SMILES string of the molecule is CC(O[Si](C)(C)C(C)(C)C)[C@H]1C(=O)N(CC(=O)OCc2ccc([N+](=O)[O-])cc2)[C@@H]1SC(=S)Oc1ccccc1. The predicted molar refractivity (Wildman–Crippen MR) is 157 cm³/mol. The number of para-hydroxylation sites is 1. The second-order valence-corrected chi connectivity index (χ2v) is 17.3. The molecule has 0 aromatic heterocycles. The lowest BCUT2D eigenvalue weighted by Crippen LogP contribution is -2.65. The maximum Gasteiger partial charge on any atom is 0.326 e. The van der Waals surface area contributed by atoms with Crippen LogP contribution >= 0.6 is 24.0 Å². The van der Waals surface area contributed by atoms with Gasteiger partial charge < -0.3 is 18.8 Å².